The molecular formula is C22H32O6. The van der Waals surface area contributed by atoms with Gasteiger partial charge in [-0.3, -0.25) is 4.79 Å². The zero-order chi connectivity index (χ0) is 21.9. The molecule has 0 spiro atoms. The van der Waals surface area contributed by atoms with Crippen LogP contribution in [0.2, 0.25) is 0 Å². The van der Waals surface area contributed by atoms with E-state index >= 15 is 0 Å². The van der Waals surface area contributed by atoms with Crippen molar-refractivity contribution in [2.45, 2.75) is 71.6 Å². The molecule has 2 unspecified atom stereocenters. The molecular weight excluding hydrogens is 360 g/mol. The van der Waals surface area contributed by atoms with Crippen LogP contribution in [0.3, 0.4) is 0 Å². The van der Waals surface area contributed by atoms with E-state index in [2.05, 4.69) is 27.0 Å². The smallest absolute Gasteiger partial charge is 0.303 e. The molecule has 3 aliphatic rings. The van der Waals surface area contributed by atoms with Gasteiger partial charge in [-0.25, -0.2) is 0 Å². The first-order valence-corrected chi connectivity index (χ1v) is 9.52. The number of Topliss-reactive ketones (excluding diaryl/α,β-unsaturated/α-hetero) is 1. The fourth-order valence-corrected chi connectivity index (χ4v) is 3.23. The Kier molecular flexibility index (Phi) is 17.8. The van der Waals surface area contributed by atoms with Crippen molar-refractivity contribution in [1.29, 1.82) is 0 Å². The Balaban J connectivity index is 0. The van der Waals surface area contributed by atoms with Crippen molar-refractivity contribution in [1.82, 2.24) is 0 Å². The quantitative estimate of drug-likeness (QED) is 0.491. The molecule has 0 radical (unpaired) electrons. The Hall–Kier alpha value is -2.42. The standard InChI is InChI=1S/C7H10O.C7H12.C6H10O.2CO2/c1-6-2-3-7(4-6)5-8;1-6-3-4-7(2)5-6;1-5-2-3-6(7)4-5;2*2-1-3/h5,7H,1-4H2;7H,1,3-5H2,2H3;5H,2-4H2,1H3;;/t7-;;;;/m0..../s1. The number of carbonyl (C=O) groups excluding carboxylic acids is 6. The summed E-state index contributed by atoms with van der Waals surface area (Å²) in [5.41, 5.74) is 2.69. The summed E-state index contributed by atoms with van der Waals surface area (Å²) in [5, 5.41) is 0. The van der Waals surface area contributed by atoms with Crippen LogP contribution < -0.4 is 0 Å². The van der Waals surface area contributed by atoms with E-state index in [0.717, 1.165) is 50.7 Å². The minimum atomic E-state index is 0.250. The van der Waals surface area contributed by atoms with Gasteiger partial charge in [-0.1, -0.05) is 38.2 Å². The molecule has 6 nitrogen and oxygen atoms in total. The third-order valence-electron chi connectivity index (χ3n) is 4.73. The highest BCUT2D eigenvalue weighted by molar-refractivity contribution is 5.80. The van der Waals surface area contributed by atoms with Gasteiger partial charge in [0.25, 0.3) is 0 Å². The van der Waals surface area contributed by atoms with Crippen molar-refractivity contribution in [3.05, 3.63) is 24.3 Å². The van der Waals surface area contributed by atoms with Crippen molar-refractivity contribution < 1.29 is 28.8 Å². The number of aldehydes is 1. The summed E-state index contributed by atoms with van der Waals surface area (Å²) in [6, 6.07) is 0. The van der Waals surface area contributed by atoms with Crippen LogP contribution in [0.1, 0.15) is 71.6 Å². The van der Waals surface area contributed by atoms with Crippen LogP contribution in [0.15, 0.2) is 24.3 Å². The molecule has 3 aliphatic carbocycles. The molecule has 0 aliphatic heterocycles. The Bertz CT molecular complexity index is 530. The first-order valence-electron chi connectivity index (χ1n) is 9.52. The molecule has 0 saturated heterocycles. The average Bonchev–Trinajstić information content (AvgIpc) is 3.33. The molecule has 156 valence electrons. The average molecular weight is 392 g/mol. The number of carbonyl (C=O) groups is 2. The van der Waals surface area contributed by atoms with Crippen molar-refractivity contribution in [2.24, 2.45) is 17.8 Å². The van der Waals surface area contributed by atoms with Gasteiger partial charge in [0.15, 0.2) is 0 Å². The summed E-state index contributed by atoms with van der Waals surface area (Å²) >= 11 is 0. The van der Waals surface area contributed by atoms with Gasteiger partial charge in [-0.15, -0.1) is 0 Å². The van der Waals surface area contributed by atoms with E-state index < -0.39 is 0 Å². The van der Waals surface area contributed by atoms with Gasteiger partial charge in [0.2, 0.25) is 0 Å². The van der Waals surface area contributed by atoms with Gasteiger partial charge in [0, 0.05) is 18.8 Å². The van der Waals surface area contributed by atoms with Gasteiger partial charge in [-0.05, 0) is 56.8 Å². The van der Waals surface area contributed by atoms with E-state index in [-0.39, 0.29) is 12.3 Å². The van der Waals surface area contributed by atoms with Gasteiger partial charge in [0.05, 0.1) is 0 Å². The maximum atomic E-state index is 10.5. The minimum Gasteiger partial charge on any atom is -0.303 e. The van der Waals surface area contributed by atoms with E-state index in [1.54, 1.807) is 0 Å². The topological polar surface area (TPSA) is 102 Å². The van der Waals surface area contributed by atoms with Crippen molar-refractivity contribution in [3.8, 4) is 0 Å². The fraction of sp³-hybridized carbons (Fsp3) is 0.636. The van der Waals surface area contributed by atoms with E-state index in [1.165, 1.54) is 30.4 Å². The largest absolute Gasteiger partial charge is 0.373 e. The molecule has 3 fully saturated rings. The molecule has 28 heavy (non-hydrogen) atoms. The molecule has 0 amide bonds. The lowest BCUT2D eigenvalue weighted by Crippen LogP contribution is -1.91. The Morgan fingerprint density at radius 1 is 0.786 bits per heavy atom. The van der Waals surface area contributed by atoms with Crippen molar-refractivity contribution in [2.75, 3.05) is 0 Å². The maximum Gasteiger partial charge on any atom is 0.373 e. The van der Waals surface area contributed by atoms with Crippen molar-refractivity contribution in [3.63, 3.8) is 0 Å². The Labute approximate surface area is 167 Å². The van der Waals surface area contributed by atoms with Crippen LogP contribution in [0.5, 0.6) is 0 Å². The molecule has 3 rings (SSSR count). The Morgan fingerprint density at radius 3 is 1.36 bits per heavy atom. The second kappa shape index (κ2) is 18.0. The summed E-state index contributed by atoms with van der Waals surface area (Å²) in [6.45, 7) is 12.1. The predicted octanol–water partition coefficient (Wildman–Crippen LogP) is 4.11. The van der Waals surface area contributed by atoms with Crippen LogP contribution >= 0.6 is 0 Å². The number of hydrogen-bond acceptors (Lipinski definition) is 6. The second-order valence-electron chi connectivity index (χ2n) is 7.54. The molecule has 0 N–H and O–H groups in total. The third kappa shape index (κ3) is 17.0. The van der Waals surface area contributed by atoms with Crippen molar-refractivity contribution >= 4 is 24.4 Å². The number of allylic oxidation sites excluding steroid dienone is 2. The first kappa shape index (κ1) is 27.8. The highest BCUT2D eigenvalue weighted by Crippen LogP contribution is 2.27. The van der Waals surface area contributed by atoms with Gasteiger partial charge >= 0.3 is 12.3 Å². The zero-order valence-electron chi connectivity index (χ0n) is 17.0. The molecule has 6 heteroatoms. The molecule has 0 bridgehead atoms. The predicted molar refractivity (Wildman–Crippen MR) is 103 cm³/mol. The summed E-state index contributed by atoms with van der Waals surface area (Å²) in [5.74, 6) is 2.34. The van der Waals surface area contributed by atoms with E-state index in [9.17, 15) is 9.59 Å². The monoisotopic (exact) mass is 392 g/mol. The van der Waals surface area contributed by atoms with Crippen LogP contribution in [-0.2, 0) is 28.8 Å². The van der Waals surface area contributed by atoms with Gasteiger partial charge < -0.3 is 4.79 Å². The van der Waals surface area contributed by atoms with Crippen LogP contribution in [0.4, 0.5) is 0 Å². The summed E-state index contributed by atoms with van der Waals surface area (Å²) in [6.07, 6.45) is 11.3. The molecule has 0 heterocycles. The summed E-state index contributed by atoms with van der Waals surface area (Å²) < 4.78 is 0. The van der Waals surface area contributed by atoms with E-state index in [1.807, 2.05) is 0 Å². The third-order valence-corrected chi connectivity index (χ3v) is 4.73. The second-order valence-corrected chi connectivity index (χ2v) is 7.54. The number of hydrogen-bond donors (Lipinski definition) is 0. The molecule has 0 aromatic carbocycles. The molecule has 3 atom stereocenters. The molecule has 0 aromatic heterocycles. The lowest BCUT2D eigenvalue weighted by atomic mass is 10.1. The normalized spacial score (nSPS) is 24.5. The minimum absolute atomic E-state index is 0.250. The molecule has 3 saturated carbocycles. The Morgan fingerprint density at radius 2 is 1.21 bits per heavy atom. The zero-order valence-corrected chi connectivity index (χ0v) is 17.0. The summed E-state index contributed by atoms with van der Waals surface area (Å²) in [4.78, 5) is 53.1. The number of rotatable bonds is 1. The number of ketones is 1. The lowest BCUT2D eigenvalue weighted by Gasteiger charge is -1.92. The van der Waals surface area contributed by atoms with Crippen LogP contribution in [0.25, 0.3) is 0 Å². The van der Waals surface area contributed by atoms with Gasteiger partial charge in [0.1, 0.15) is 12.1 Å². The summed E-state index contributed by atoms with van der Waals surface area (Å²) in [7, 11) is 0. The van der Waals surface area contributed by atoms with Gasteiger partial charge in [-0.2, -0.15) is 19.2 Å². The molecule has 0 aromatic rings. The fourth-order valence-electron chi connectivity index (χ4n) is 3.23. The van der Waals surface area contributed by atoms with E-state index in [0.29, 0.717) is 17.6 Å². The SMILES string of the molecule is C=C1CCC(C)C1.C=C1CC[C@H](C=O)C1.CC1CCC(=O)C1.O=C=O.O=C=O. The van der Waals surface area contributed by atoms with E-state index in [4.69, 9.17) is 19.2 Å². The first-order chi connectivity index (χ1) is 13.2. The lowest BCUT2D eigenvalue weighted by molar-refractivity contribution is -0.193. The maximum absolute atomic E-state index is 10.5. The van der Waals surface area contributed by atoms with Crippen LogP contribution in [0, 0.1) is 17.8 Å². The highest BCUT2D eigenvalue weighted by atomic mass is 16.2. The highest BCUT2D eigenvalue weighted by Gasteiger charge is 2.17. The van der Waals surface area contributed by atoms with Crippen LogP contribution in [-0.4, -0.2) is 24.4 Å².